The number of hydrogen-bond donors (Lipinski definition) is 1. The van der Waals surface area contributed by atoms with E-state index in [0.717, 1.165) is 11.3 Å². The maximum Gasteiger partial charge on any atom is 0.257 e. The third-order valence-corrected chi connectivity index (χ3v) is 4.02. The number of rotatable bonds is 4. The molecule has 1 aromatic heterocycles. The second-order valence-electron chi connectivity index (χ2n) is 4.80. The van der Waals surface area contributed by atoms with E-state index >= 15 is 0 Å². The minimum atomic E-state index is -0.101. The molecule has 0 spiro atoms. The number of thioether (sulfide) groups is 1. The fraction of sp³-hybridized carbons (Fsp3) is 0.125. The fourth-order valence-electron chi connectivity index (χ4n) is 1.99. The summed E-state index contributed by atoms with van der Waals surface area (Å²) in [6.45, 7) is 1.98. The van der Waals surface area contributed by atoms with E-state index in [9.17, 15) is 4.79 Å². The van der Waals surface area contributed by atoms with Crippen LogP contribution in [0.4, 0.5) is 5.69 Å². The van der Waals surface area contributed by atoms with Crippen LogP contribution in [0, 0.1) is 6.92 Å². The first-order chi connectivity index (χ1) is 10.6. The molecule has 3 rings (SSSR count). The number of nitrogens with zero attached hydrogens (tertiary/aromatic N) is 1. The molecule has 1 amide bonds. The lowest BCUT2D eigenvalue weighted by Crippen LogP contribution is -2.13. The molecule has 0 bridgehead atoms. The van der Waals surface area contributed by atoms with E-state index < -0.39 is 0 Å². The van der Waals surface area contributed by atoms with Crippen molar-refractivity contribution < 1.29 is 9.21 Å². The van der Waals surface area contributed by atoms with Gasteiger partial charge in [0.15, 0.2) is 5.58 Å². The van der Waals surface area contributed by atoms with Crippen molar-refractivity contribution >= 4 is 46.1 Å². The van der Waals surface area contributed by atoms with Gasteiger partial charge in [-0.2, -0.15) is 0 Å². The Labute approximate surface area is 136 Å². The zero-order valence-electron chi connectivity index (χ0n) is 11.8. The SMILES string of the molecule is Cc1cccc(NC(=O)CSc2nc3cc(Cl)ccc3o2)c1. The average Bonchev–Trinajstić information content (AvgIpc) is 2.87. The van der Waals surface area contributed by atoms with Crippen LogP contribution in [0.1, 0.15) is 5.56 Å². The predicted molar refractivity (Wildman–Crippen MR) is 89.6 cm³/mol. The van der Waals surface area contributed by atoms with Crippen LogP contribution < -0.4 is 5.32 Å². The summed E-state index contributed by atoms with van der Waals surface area (Å²) in [5.41, 5.74) is 3.23. The average molecular weight is 333 g/mol. The van der Waals surface area contributed by atoms with Gasteiger partial charge in [0.05, 0.1) is 5.75 Å². The van der Waals surface area contributed by atoms with Crippen molar-refractivity contribution in [3.63, 3.8) is 0 Å². The van der Waals surface area contributed by atoms with Gasteiger partial charge in [-0.05, 0) is 42.8 Å². The standard InChI is InChI=1S/C16H13ClN2O2S/c1-10-3-2-4-12(7-10)18-15(20)9-22-16-19-13-8-11(17)5-6-14(13)21-16/h2-8H,9H2,1H3,(H,18,20). The molecule has 0 atom stereocenters. The number of amides is 1. The third-order valence-electron chi connectivity index (χ3n) is 2.96. The van der Waals surface area contributed by atoms with E-state index in [-0.39, 0.29) is 11.7 Å². The van der Waals surface area contributed by atoms with E-state index in [0.29, 0.717) is 21.3 Å². The Morgan fingerprint density at radius 3 is 3.00 bits per heavy atom. The highest BCUT2D eigenvalue weighted by atomic mass is 35.5. The number of hydrogen-bond acceptors (Lipinski definition) is 4. The number of benzene rings is 2. The molecule has 4 nitrogen and oxygen atoms in total. The van der Waals surface area contributed by atoms with Crippen molar-refractivity contribution in [1.29, 1.82) is 0 Å². The first-order valence-corrected chi connectivity index (χ1v) is 8.02. The number of anilines is 1. The van der Waals surface area contributed by atoms with Crippen molar-refractivity contribution in [2.75, 3.05) is 11.1 Å². The summed E-state index contributed by atoms with van der Waals surface area (Å²) in [6.07, 6.45) is 0. The zero-order chi connectivity index (χ0) is 15.5. The summed E-state index contributed by atoms with van der Waals surface area (Å²) in [6, 6.07) is 12.9. The van der Waals surface area contributed by atoms with Crippen LogP contribution in [0.3, 0.4) is 0 Å². The first kappa shape index (κ1) is 14.9. The number of nitrogens with one attached hydrogen (secondary N) is 1. The molecular weight excluding hydrogens is 320 g/mol. The summed E-state index contributed by atoms with van der Waals surface area (Å²) in [4.78, 5) is 16.2. The van der Waals surface area contributed by atoms with Gasteiger partial charge in [-0.15, -0.1) is 0 Å². The van der Waals surface area contributed by atoms with Crippen molar-refractivity contribution in [2.45, 2.75) is 12.1 Å². The van der Waals surface area contributed by atoms with Crippen LogP contribution in [0.2, 0.25) is 5.02 Å². The van der Waals surface area contributed by atoms with Crippen LogP contribution in [0.5, 0.6) is 0 Å². The molecule has 0 fully saturated rings. The van der Waals surface area contributed by atoms with Crippen molar-refractivity contribution in [2.24, 2.45) is 0 Å². The largest absolute Gasteiger partial charge is 0.431 e. The number of aromatic nitrogens is 1. The monoisotopic (exact) mass is 332 g/mol. The lowest BCUT2D eigenvalue weighted by Gasteiger charge is -2.04. The lowest BCUT2D eigenvalue weighted by molar-refractivity contribution is -0.113. The number of fused-ring (bicyclic) bond motifs is 1. The van der Waals surface area contributed by atoms with Crippen molar-refractivity contribution in [3.05, 3.63) is 53.1 Å². The minimum absolute atomic E-state index is 0.101. The van der Waals surface area contributed by atoms with Gasteiger partial charge < -0.3 is 9.73 Å². The van der Waals surface area contributed by atoms with Crippen LogP contribution in [-0.4, -0.2) is 16.6 Å². The van der Waals surface area contributed by atoms with Gasteiger partial charge in [0.25, 0.3) is 5.22 Å². The van der Waals surface area contributed by atoms with Crippen molar-refractivity contribution in [1.82, 2.24) is 4.98 Å². The molecule has 2 aromatic carbocycles. The highest BCUT2D eigenvalue weighted by molar-refractivity contribution is 7.99. The molecule has 0 aliphatic rings. The fourth-order valence-corrected chi connectivity index (χ4v) is 2.79. The molecule has 0 aliphatic heterocycles. The van der Waals surface area contributed by atoms with Gasteiger partial charge in [-0.3, -0.25) is 4.79 Å². The topological polar surface area (TPSA) is 55.1 Å². The quantitative estimate of drug-likeness (QED) is 0.714. The number of halogens is 1. The molecular formula is C16H13ClN2O2S. The van der Waals surface area contributed by atoms with Crippen LogP contribution in [0.25, 0.3) is 11.1 Å². The number of carbonyl (C=O) groups excluding carboxylic acids is 1. The highest BCUT2D eigenvalue weighted by Gasteiger charge is 2.10. The molecule has 0 saturated heterocycles. The first-order valence-electron chi connectivity index (χ1n) is 6.65. The molecule has 0 radical (unpaired) electrons. The number of oxazole rings is 1. The second-order valence-corrected chi connectivity index (χ2v) is 6.16. The third kappa shape index (κ3) is 3.61. The van der Waals surface area contributed by atoms with Gasteiger partial charge in [-0.1, -0.05) is 35.5 Å². The molecule has 1 N–H and O–H groups in total. The van der Waals surface area contributed by atoms with E-state index in [1.165, 1.54) is 11.8 Å². The molecule has 0 aliphatic carbocycles. The normalized spacial score (nSPS) is 10.8. The zero-order valence-corrected chi connectivity index (χ0v) is 13.4. The predicted octanol–water partition coefficient (Wildman–Crippen LogP) is 4.52. The summed E-state index contributed by atoms with van der Waals surface area (Å²) >= 11 is 7.16. The van der Waals surface area contributed by atoms with Crippen LogP contribution >= 0.6 is 23.4 Å². The maximum absolute atomic E-state index is 11.9. The highest BCUT2D eigenvalue weighted by Crippen LogP contribution is 2.25. The smallest absolute Gasteiger partial charge is 0.257 e. The van der Waals surface area contributed by atoms with E-state index in [1.807, 2.05) is 31.2 Å². The Morgan fingerprint density at radius 2 is 2.18 bits per heavy atom. The minimum Gasteiger partial charge on any atom is -0.431 e. The van der Waals surface area contributed by atoms with Gasteiger partial charge in [-0.25, -0.2) is 4.98 Å². The molecule has 22 heavy (non-hydrogen) atoms. The summed E-state index contributed by atoms with van der Waals surface area (Å²) < 4.78 is 5.56. The molecule has 0 unspecified atom stereocenters. The maximum atomic E-state index is 11.9. The Balaban J connectivity index is 1.62. The van der Waals surface area contributed by atoms with E-state index in [4.69, 9.17) is 16.0 Å². The summed E-state index contributed by atoms with van der Waals surface area (Å²) in [5.74, 6) is 0.130. The van der Waals surface area contributed by atoms with Gasteiger partial charge >= 0.3 is 0 Å². The Kier molecular flexibility index (Phi) is 4.36. The van der Waals surface area contributed by atoms with Gasteiger partial charge in [0.1, 0.15) is 5.52 Å². The molecule has 112 valence electrons. The van der Waals surface area contributed by atoms with Crippen LogP contribution in [0.15, 0.2) is 52.1 Å². The number of carbonyl (C=O) groups is 1. The lowest BCUT2D eigenvalue weighted by atomic mass is 10.2. The van der Waals surface area contributed by atoms with Gasteiger partial charge in [0.2, 0.25) is 5.91 Å². The molecule has 6 heteroatoms. The number of aryl methyl sites for hydroxylation is 1. The van der Waals surface area contributed by atoms with E-state index in [2.05, 4.69) is 10.3 Å². The molecule has 0 saturated carbocycles. The summed E-state index contributed by atoms with van der Waals surface area (Å²) in [5, 5.41) is 3.91. The Bertz CT molecular complexity index is 832. The van der Waals surface area contributed by atoms with Crippen molar-refractivity contribution in [3.8, 4) is 0 Å². The van der Waals surface area contributed by atoms with Gasteiger partial charge in [0, 0.05) is 10.7 Å². The summed E-state index contributed by atoms with van der Waals surface area (Å²) in [7, 11) is 0. The second kappa shape index (κ2) is 6.42. The van der Waals surface area contributed by atoms with E-state index in [1.54, 1.807) is 18.2 Å². The Morgan fingerprint density at radius 1 is 1.32 bits per heavy atom. The molecule has 3 aromatic rings. The Hall–Kier alpha value is -1.98. The molecule has 1 heterocycles. The van der Waals surface area contributed by atoms with Crippen LogP contribution in [-0.2, 0) is 4.79 Å².